The summed E-state index contributed by atoms with van der Waals surface area (Å²) in [5.41, 5.74) is -2.03. The maximum absolute atomic E-state index is 11.9. The molecule has 12 heteroatoms. The summed E-state index contributed by atoms with van der Waals surface area (Å²) >= 11 is 0. The topological polar surface area (TPSA) is 177 Å². The van der Waals surface area contributed by atoms with Crippen molar-refractivity contribution in [1.82, 2.24) is 10.6 Å². The van der Waals surface area contributed by atoms with Crippen LogP contribution in [-0.4, -0.2) is 57.1 Å². The van der Waals surface area contributed by atoms with Crippen LogP contribution in [0.2, 0.25) is 0 Å². The Hall–Kier alpha value is -3.41. The fraction of sp³-hybridized carbons (Fsp3) is 0.550. The van der Waals surface area contributed by atoms with E-state index < -0.39 is 40.3 Å². The molecule has 1 aromatic rings. The quantitative estimate of drug-likeness (QED) is 0.304. The molecular formula is C20H29N3O9. The zero-order chi connectivity index (χ0) is 24.5. The predicted octanol–water partition coefficient (Wildman–Crippen LogP) is 2.33. The van der Waals surface area contributed by atoms with Crippen molar-refractivity contribution < 1.29 is 39.0 Å². The number of hydrogen-bond acceptors (Lipinski definition) is 8. The maximum Gasteiger partial charge on any atom is 0.408 e. The van der Waals surface area contributed by atoms with Crippen LogP contribution < -0.4 is 10.6 Å². The summed E-state index contributed by atoms with van der Waals surface area (Å²) in [6.45, 7) is 5.87. The number of aliphatic carboxylic acids is 1. The van der Waals surface area contributed by atoms with E-state index in [0.29, 0.717) is 5.56 Å². The number of amides is 2. The fourth-order valence-electron chi connectivity index (χ4n) is 2.42. The molecule has 0 bridgehead atoms. The van der Waals surface area contributed by atoms with Crippen molar-refractivity contribution in [3.05, 3.63) is 39.9 Å². The van der Waals surface area contributed by atoms with Gasteiger partial charge in [-0.25, -0.2) is 14.4 Å². The molecule has 32 heavy (non-hydrogen) atoms. The normalized spacial score (nSPS) is 13.9. The van der Waals surface area contributed by atoms with Gasteiger partial charge >= 0.3 is 18.2 Å². The molecule has 0 fully saturated rings. The third-order valence-corrected chi connectivity index (χ3v) is 4.23. The summed E-state index contributed by atoms with van der Waals surface area (Å²) in [5.74, 6) is -1.30. The largest absolute Gasteiger partial charge is 0.480 e. The second-order valence-electron chi connectivity index (χ2n) is 8.34. The molecule has 0 aliphatic carbocycles. The van der Waals surface area contributed by atoms with E-state index in [4.69, 9.17) is 9.47 Å². The zero-order valence-electron chi connectivity index (χ0n) is 18.4. The van der Waals surface area contributed by atoms with Gasteiger partial charge in [0.15, 0.2) is 0 Å². The Morgan fingerprint density at radius 3 is 2.22 bits per heavy atom. The van der Waals surface area contributed by atoms with Crippen molar-refractivity contribution >= 4 is 23.8 Å². The average molecular weight is 455 g/mol. The molecule has 0 aromatic heterocycles. The van der Waals surface area contributed by atoms with Gasteiger partial charge in [0.2, 0.25) is 0 Å². The van der Waals surface area contributed by atoms with E-state index in [9.17, 15) is 34.7 Å². The lowest BCUT2D eigenvalue weighted by atomic mass is 9.94. The number of ether oxygens (including phenoxy) is 2. The molecule has 0 radical (unpaired) electrons. The highest BCUT2D eigenvalue weighted by atomic mass is 16.6. The molecule has 0 aliphatic heterocycles. The molecule has 12 nitrogen and oxygen atoms in total. The predicted molar refractivity (Wildman–Crippen MR) is 112 cm³/mol. The molecule has 2 atom stereocenters. The summed E-state index contributed by atoms with van der Waals surface area (Å²) < 4.78 is 10.0. The summed E-state index contributed by atoms with van der Waals surface area (Å²) in [7, 11) is 0. The minimum atomic E-state index is -1.68. The third-order valence-electron chi connectivity index (χ3n) is 4.23. The van der Waals surface area contributed by atoms with Crippen LogP contribution in [0.25, 0.3) is 0 Å². The molecule has 0 saturated heterocycles. The van der Waals surface area contributed by atoms with E-state index in [2.05, 4.69) is 10.6 Å². The lowest BCUT2D eigenvalue weighted by Crippen LogP contribution is -2.53. The molecule has 0 spiro atoms. The van der Waals surface area contributed by atoms with Crippen molar-refractivity contribution in [2.75, 3.05) is 6.54 Å². The molecule has 0 heterocycles. The standard InChI is InChI=1S/C20H29N3O9/c1-19(2,3)32-18(28)22-20(4,16(25)26)10-9-15(24)11-21-17(27)31-12-13-5-7-14(8-6-13)23(29)30/h5-8,15,24H,9-12H2,1-4H3,(H,21,27)(H,22,28)(H,25,26). The number of carbonyl (C=O) groups is 3. The highest BCUT2D eigenvalue weighted by Crippen LogP contribution is 2.17. The summed E-state index contributed by atoms with van der Waals surface area (Å²) in [5, 5.41) is 34.8. The molecule has 2 amide bonds. The number of hydrogen-bond donors (Lipinski definition) is 4. The average Bonchev–Trinajstić information content (AvgIpc) is 2.67. The number of nitrogens with one attached hydrogen (secondary N) is 2. The molecule has 0 aliphatic rings. The van der Waals surface area contributed by atoms with Gasteiger partial charge in [0, 0.05) is 18.7 Å². The molecule has 1 rings (SSSR count). The zero-order valence-corrected chi connectivity index (χ0v) is 18.4. The van der Waals surface area contributed by atoms with E-state index >= 15 is 0 Å². The smallest absolute Gasteiger partial charge is 0.408 e. The Labute approximate surface area is 185 Å². The van der Waals surface area contributed by atoms with Crippen molar-refractivity contribution in [1.29, 1.82) is 0 Å². The van der Waals surface area contributed by atoms with E-state index in [1.165, 1.54) is 31.2 Å². The number of carbonyl (C=O) groups excluding carboxylic acids is 2. The Kier molecular flexibility index (Phi) is 9.38. The minimum Gasteiger partial charge on any atom is -0.480 e. The SMILES string of the molecule is CC(C)(C)OC(=O)NC(C)(CCC(O)CNC(=O)OCc1ccc([N+](=O)[O-])cc1)C(=O)O. The number of carboxylic acids is 1. The van der Waals surface area contributed by atoms with Crippen LogP contribution in [0.3, 0.4) is 0 Å². The number of benzene rings is 1. The van der Waals surface area contributed by atoms with E-state index in [1.54, 1.807) is 20.8 Å². The molecule has 4 N–H and O–H groups in total. The van der Waals surface area contributed by atoms with Crippen molar-refractivity contribution in [2.24, 2.45) is 0 Å². The summed E-state index contributed by atoms with van der Waals surface area (Å²) in [4.78, 5) is 45.3. The number of nitro groups is 1. The van der Waals surface area contributed by atoms with Gasteiger partial charge < -0.3 is 30.3 Å². The number of non-ortho nitro benzene ring substituents is 1. The Balaban J connectivity index is 2.45. The first kappa shape index (κ1) is 26.6. The highest BCUT2D eigenvalue weighted by Gasteiger charge is 2.36. The first-order valence-corrected chi connectivity index (χ1v) is 9.78. The second-order valence-corrected chi connectivity index (χ2v) is 8.34. The van der Waals surface area contributed by atoms with Crippen molar-refractivity contribution in [3.63, 3.8) is 0 Å². The van der Waals surface area contributed by atoms with Crippen LogP contribution in [0.4, 0.5) is 15.3 Å². The van der Waals surface area contributed by atoms with Crippen LogP contribution >= 0.6 is 0 Å². The molecule has 1 aromatic carbocycles. The van der Waals surface area contributed by atoms with Crippen LogP contribution in [0.15, 0.2) is 24.3 Å². The van der Waals surface area contributed by atoms with Gasteiger partial charge in [0.05, 0.1) is 11.0 Å². The first-order chi connectivity index (χ1) is 14.7. The molecule has 2 unspecified atom stereocenters. The van der Waals surface area contributed by atoms with E-state index in [1.807, 2.05) is 0 Å². The van der Waals surface area contributed by atoms with Gasteiger partial charge in [-0.3, -0.25) is 10.1 Å². The van der Waals surface area contributed by atoms with Crippen LogP contribution in [0.1, 0.15) is 46.1 Å². The maximum atomic E-state index is 11.9. The lowest BCUT2D eigenvalue weighted by molar-refractivity contribution is -0.384. The van der Waals surface area contributed by atoms with Crippen LogP contribution in [0.5, 0.6) is 0 Å². The Morgan fingerprint density at radius 1 is 1.12 bits per heavy atom. The van der Waals surface area contributed by atoms with Crippen LogP contribution in [0, 0.1) is 10.1 Å². The molecular weight excluding hydrogens is 426 g/mol. The Bertz CT molecular complexity index is 821. The number of aliphatic hydroxyl groups excluding tert-OH is 1. The monoisotopic (exact) mass is 455 g/mol. The minimum absolute atomic E-state index is 0.0404. The number of alkyl carbamates (subject to hydrolysis) is 2. The van der Waals surface area contributed by atoms with Crippen molar-refractivity contribution in [3.8, 4) is 0 Å². The van der Waals surface area contributed by atoms with Gasteiger partial charge in [-0.05, 0) is 58.2 Å². The molecule has 178 valence electrons. The second kappa shape index (κ2) is 11.3. The summed E-state index contributed by atoms with van der Waals surface area (Å²) in [6.07, 6.45) is -2.98. The fourth-order valence-corrected chi connectivity index (χ4v) is 2.42. The Morgan fingerprint density at radius 2 is 1.72 bits per heavy atom. The summed E-state index contributed by atoms with van der Waals surface area (Å²) in [6, 6.07) is 5.46. The number of aliphatic hydroxyl groups is 1. The highest BCUT2D eigenvalue weighted by molar-refractivity contribution is 5.84. The third kappa shape index (κ3) is 9.60. The first-order valence-electron chi connectivity index (χ1n) is 9.78. The molecule has 0 saturated carbocycles. The van der Waals surface area contributed by atoms with Crippen LogP contribution in [-0.2, 0) is 20.9 Å². The van der Waals surface area contributed by atoms with Gasteiger partial charge in [-0.15, -0.1) is 0 Å². The number of nitro benzene ring substituents is 1. The van der Waals surface area contributed by atoms with Gasteiger partial charge in [0.1, 0.15) is 17.7 Å². The van der Waals surface area contributed by atoms with E-state index in [-0.39, 0.29) is 31.7 Å². The lowest BCUT2D eigenvalue weighted by Gasteiger charge is -2.29. The van der Waals surface area contributed by atoms with Crippen molar-refractivity contribution in [2.45, 2.75) is 64.4 Å². The van der Waals surface area contributed by atoms with Gasteiger partial charge in [-0.1, -0.05) is 0 Å². The van der Waals surface area contributed by atoms with Gasteiger partial charge in [-0.2, -0.15) is 0 Å². The number of carboxylic acid groups (broad SMARTS) is 1. The number of rotatable bonds is 10. The van der Waals surface area contributed by atoms with Gasteiger partial charge in [0.25, 0.3) is 5.69 Å². The number of nitrogens with zero attached hydrogens (tertiary/aromatic N) is 1. The van der Waals surface area contributed by atoms with E-state index in [0.717, 1.165) is 0 Å².